The molecule has 3 unspecified atom stereocenters. The lowest BCUT2D eigenvalue weighted by molar-refractivity contribution is -0.129. The first kappa shape index (κ1) is 20.6. The highest BCUT2D eigenvalue weighted by molar-refractivity contribution is 8.14. The van der Waals surface area contributed by atoms with E-state index >= 15 is 0 Å². The summed E-state index contributed by atoms with van der Waals surface area (Å²) in [4.78, 5) is 29.9. The molecule has 4 aliphatic rings. The number of rotatable bonds is 3. The van der Waals surface area contributed by atoms with E-state index < -0.39 is 0 Å². The number of amides is 1. The van der Waals surface area contributed by atoms with Crippen molar-refractivity contribution in [3.63, 3.8) is 0 Å². The molecule has 0 spiro atoms. The van der Waals surface area contributed by atoms with Crippen LogP contribution in [0.4, 0.5) is 0 Å². The van der Waals surface area contributed by atoms with Crippen LogP contribution in [0.25, 0.3) is 0 Å². The number of carbonyl (C=O) groups excluding carboxylic acids is 2. The first-order chi connectivity index (χ1) is 14.5. The molecule has 2 fully saturated rings. The fourth-order valence-electron chi connectivity index (χ4n) is 6.78. The molecular weight excluding hydrogens is 416 g/mol. The molecule has 1 aliphatic heterocycles. The van der Waals surface area contributed by atoms with Crippen molar-refractivity contribution in [2.45, 2.75) is 57.8 Å². The maximum absolute atomic E-state index is 13.1. The van der Waals surface area contributed by atoms with Crippen molar-refractivity contribution in [3.8, 4) is 0 Å². The maximum atomic E-state index is 13.1. The normalized spacial score (nSPS) is 34.7. The molecule has 160 valence electrons. The predicted molar refractivity (Wildman–Crippen MR) is 122 cm³/mol. The summed E-state index contributed by atoms with van der Waals surface area (Å²) in [6, 6.07) is 6.37. The van der Waals surface area contributed by atoms with Crippen LogP contribution in [0, 0.1) is 23.2 Å². The highest BCUT2D eigenvalue weighted by Gasteiger charge is 2.58. The van der Waals surface area contributed by atoms with Gasteiger partial charge in [-0.05, 0) is 79.0 Å². The highest BCUT2D eigenvalue weighted by atomic mass is 35.5. The van der Waals surface area contributed by atoms with Crippen molar-refractivity contribution < 1.29 is 9.59 Å². The SMILES string of the molecule is C[C@]12CCC3c4ccc(Cl)cc4CCC3C1[C@H](CCC(=O)NC1=NCCS1)CC2=O. The lowest BCUT2D eigenvalue weighted by Crippen LogP contribution is -2.44. The van der Waals surface area contributed by atoms with E-state index in [-0.39, 0.29) is 11.3 Å². The Morgan fingerprint density at radius 3 is 3.03 bits per heavy atom. The summed E-state index contributed by atoms with van der Waals surface area (Å²) in [7, 11) is 0. The summed E-state index contributed by atoms with van der Waals surface area (Å²) in [5.41, 5.74) is 2.63. The third-order valence-corrected chi connectivity index (χ3v) is 9.23. The van der Waals surface area contributed by atoms with Crippen molar-refractivity contribution in [1.82, 2.24) is 5.32 Å². The lowest BCUT2D eigenvalue weighted by Gasteiger charge is -2.50. The van der Waals surface area contributed by atoms with Crippen molar-refractivity contribution in [2.75, 3.05) is 12.3 Å². The van der Waals surface area contributed by atoms with Crippen molar-refractivity contribution in [3.05, 3.63) is 34.3 Å². The molecule has 5 rings (SSSR count). The van der Waals surface area contributed by atoms with Crippen molar-refractivity contribution in [1.29, 1.82) is 0 Å². The number of nitrogens with one attached hydrogen (secondary N) is 1. The zero-order valence-electron chi connectivity index (χ0n) is 17.5. The van der Waals surface area contributed by atoms with Crippen LogP contribution in [-0.2, 0) is 16.0 Å². The lowest BCUT2D eigenvalue weighted by atomic mass is 9.54. The van der Waals surface area contributed by atoms with Crippen LogP contribution >= 0.6 is 23.4 Å². The van der Waals surface area contributed by atoms with Gasteiger partial charge in [-0.15, -0.1) is 0 Å². The van der Waals surface area contributed by atoms with Gasteiger partial charge in [0.1, 0.15) is 5.78 Å². The minimum atomic E-state index is -0.211. The number of fused-ring (bicyclic) bond motifs is 5. The average molecular weight is 445 g/mol. The number of amidine groups is 1. The van der Waals surface area contributed by atoms with Gasteiger partial charge in [-0.2, -0.15) is 0 Å². The molecule has 6 heteroatoms. The number of Topliss-reactive ketones (excluding diaryl/α,β-unsaturated/α-hetero) is 1. The van der Waals surface area contributed by atoms with E-state index in [0.717, 1.165) is 54.6 Å². The molecule has 1 aromatic carbocycles. The molecule has 1 N–H and O–H groups in total. The largest absolute Gasteiger partial charge is 0.305 e. The molecule has 0 saturated heterocycles. The smallest absolute Gasteiger partial charge is 0.225 e. The molecule has 0 bridgehead atoms. The van der Waals surface area contributed by atoms with Gasteiger partial charge < -0.3 is 5.32 Å². The predicted octanol–water partition coefficient (Wildman–Crippen LogP) is 4.99. The number of aryl methyl sites for hydroxylation is 1. The number of carbonyl (C=O) groups is 2. The molecule has 1 aromatic rings. The van der Waals surface area contributed by atoms with Gasteiger partial charge in [0, 0.05) is 29.0 Å². The highest BCUT2D eigenvalue weighted by Crippen LogP contribution is 2.62. The van der Waals surface area contributed by atoms with Crippen LogP contribution in [0.5, 0.6) is 0 Å². The molecule has 1 amide bonds. The van der Waals surface area contributed by atoms with Crippen LogP contribution in [0.15, 0.2) is 23.2 Å². The summed E-state index contributed by atoms with van der Waals surface area (Å²) in [6.45, 7) is 2.99. The number of hydrogen-bond acceptors (Lipinski definition) is 4. The standard InChI is InChI=1S/C24H29ClN2O2S/c1-24-9-8-18-17-6-4-16(25)12-14(17)2-5-19(18)22(24)15(13-20(24)28)3-7-21(29)27-23-26-10-11-30-23/h4,6,12,15,18-19,22H,2-3,5,7-11,13H2,1H3,(H,26,27,29)/t15-,18?,19?,22?,24-/m1/s1. The number of ketones is 1. The molecule has 30 heavy (non-hydrogen) atoms. The number of halogens is 1. The van der Waals surface area contributed by atoms with Crippen LogP contribution in [0.3, 0.4) is 0 Å². The van der Waals surface area contributed by atoms with Crippen LogP contribution in [-0.4, -0.2) is 29.2 Å². The van der Waals surface area contributed by atoms with Crippen molar-refractivity contribution in [2.24, 2.45) is 28.2 Å². The topological polar surface area (TPSA) is 58.5 Å². The van der Waals surface area contributed by atoms with Gasteiger partial charge in [-0.25, -0.2) is 0 Å². The second-order valence-electron chi connectivity index (χ2n) is 9.64. The van der Waals surface area contributed by atoms with E-state index in [1.807, 2.05) is 6.07 Å². The Balaban J connectivity index is 1.34. The minimum absolute atomic E-state index is 0.0418. The Hall–Kier alpha value is -1.33. The monoisotopic (exact) mass is 444 g/mol. The van der Waals surface area contributed by atoms with E-state index in [2.05, 4.69) is 29.4 Å². The molecule has 1 heterocycles. The van der Waals surface area contributed by atoms with E-state index in [4.69, 9.17) is 11.6 Å². The Kier molecular flexibility index (Phi) is 5.47. The fourth-order valence-corrected chi connectivity index (χ4v) is 7.72. The third-order valence-electron chi connectivity index (χ3n) is 8.11. The van der Waals surface area contributed by atoms with Gasteiger partial charge in [0.05, 0.1) is 6.54 Å². The van der Waals surface area contributed by atoms with Gasteiger partial charge in [-0.3, -0.25) is 14.6 Å². The molecule has 2 saturated carbocycles. The average Bonchev–Trinajstić information content (AvgIpc) is 3.32. The molecular formula is C24H29ClN2O2S. The van der Waals surface area contributed by atoms with E-state index in [0.29, 0.717) is 42.3 Å². The fraction of sp³-hybridized carbons (Fsp3) is 0.625. The van der Waals surface area contributed by atoms with Gasteiger partial charge >= 0.3 is 0 Å². The van der Waals surface area contributed by atoms with Gasteiger partial charge in [0.15, 0.2) is 5.17 Å². The Labute approximate surface area is 187 Å². The van der Waals surface area contributed by atoms with Crippen molar-refractivity contribution >= 4 is 40.2 Å². The quantitative estimate of drug-likeness (QED) is 0.714. The van der Waals surface area contributed by atoms with Gasteiger partial charge in [0.25, 0.3) is 0 Å². The number of hydrogen-bond donors (Lipinski definition) is 1. The summed E-state index contributed by atoms with van der Waals surface area (Å²) >= 11 is 7.86. The number of aliphatic imine (C=N–C) groups is 1. The van der Waals surface area contributed by atoms with Crippen LogP contribution < -0.4 is 5.32 Å². The summed E-state index contributed by atoms with van der Waals surface area (Å²) in [5.74, 6) is 3.17. The Morgan fingerprint density at radius 1 is 1.37 bits per heavy atom. The number of benzene rings is 1. The first-order valence-corrected chi connectivity index (χ1v) is 12.6. The Morgan fingerprint density at radius 2 is 2.23 bits per heavy atom. The van der Waals surface area contributed by atoms with E-state index in [9.17, 15) is 9.59 Å². The second kappa shape index (κ2) is 7.98. The zero-order valence-corrected chi connectivity index (χ0v) is 19.0. The number of nitrogens with zero attached hydrogens (tertiary/aromatic N) is 1. The summed E-state index contributed by atoms with van der Waals surface area (Å²) in [6.07, 6.45) is 6.14. The Bertz CT molecular complexity index is 916. The number of thioether (sulfide) groups is 1. The first-order valence-electron chi connectivity index (χ1n) is 11.2. The molecule has 0 radical (unpaired) electrons. The van der Waals surface area contributed by atoms with E-state index in [1.165, 1.54) is 11.1 Å². The zero-order chi connectivity index (χ0) is 20.9. The van der Waals surface area contributed by atoms with Gasteiger partial charge in [0.2, 0.25) is 5.91 Å². The van der Waals surface area contributed by atoms with Crippen LogP contribution in [0.1, 0.15) is 62.5 Å². The molecule has 5 atom stereocenters. The molecule has 4 nitrogen and oxygen atoms in total. The molecule has 0 aromatic heterocycles. The maximum Gasteiger partial charge on any atom is 0.225 e. The molecule has 3 aliphatic carbocycles. The van der Waals surface area contributed by atoms with E-state index in [1.54, 1.807) is 11.8 Å². The van der Waals surface area contributed by atoms with Gasteiger partial charge in [-0.1, -0.05) is 36.4 Å². The summed E-state index contributed by atoms with van der Waals surface area (Å²) in [5, 5.41) is 4.52. The third kappa shape index (κ3) is 3.52. The summed E-state index contributed by atoms with van der Waals surface area (Å²) < 4.78 is 0. The second-order valence-corrected chi connectivity index (χ2v) is 11.2. The minimum Gasteiger partial charge on any atom is -0.305 e. The van der Waals surface area contributed by atoms with Crippen LogP contribution in [0.2, 0.25) is 5.02 Å².